The first-order valence-electron chi connectivity index (χ1n) is 9.07. The standard InChI is InChI=1S/C20H22F2N4OS2/c1-27-19-5-2-14(10-15(19)13-26-6-8-29-9-7-26)12-23-25-20(28)24-18-4-3-16(21)11-17(18)22/h2-5,10-12H,6-9,13H2,1H3,(H2,24,25,28). The molecule has 2 aromatic rings. The molecule has 0 radical (unpaired) electrons. The van der Waals surface area contributed by atoms with E-state index in [0.717, 1.165) is 60.1 Å². The van der Waals surface area contributed by atoms with Crippen LogP contribution in [0.15, 0.2) is 41.5 Å². The lowest BCUT2D eigenvalue weighted by atomic mass is 10.1. The van der Waals surface area contributed by atoms with Gasteiger partial charge in [0.05, 0.1) is 19.0 Å². The number of nitrogens with one attached hydrogen (secondary N) is 2. The summed E-state index contributed by atoms with van der Waals surface area (Å²) in [5, 5.41) is 6.84. The number of thioether (sulfide) groups is 1. The van der Waals surface area contributed by atoms with Gasteiger partial charge in [-0.15, -0.1) is 0 Å². The van der Waals surface area contributed by atoms with Crippen molar-refractivity contribution in [1.82, 2.24) is 10.3 Å². The van der Waals surface area contributed by atoms with Gasteiger partial charge in [-0.2, -0.15) is 16.9 Å². The van der Waals surface area contributed by atoms with Crippen LogP contribution in [0.1, 0.15) is 11.1 Å². The van der Waals surface area contributed by atoms with Crippen LogP contribution in [0.4, 0.5) is 14.5 Å². The molecule has 0 aliphatic carbocycles. The van der Waals surface area contributed by atoms with E-state index in [1.165, 1.54) is 6.07 Å². The molecule has 0 spiro atoms. The molecule has 1 saturated heterocycles. The highest BCUT2D eigenvalue weighted by Gasteiger charge is 2.13. The summed E-state index contributed by atoms with van der Waals surface area (Å²) in [5.74, 6) is 1.76. The molecule has 0 bridgehead atoms. The van der Waals surface area contributed by atoms with E-state index in [0.29, 0.717) is 0 Å². The van der Waals surface area contributed by atoms with E-state index in [1.54, 1.807) is 13.3 Å². The van der Waals surface area contributed by atoms with E-state index >= 15 is 0 Å². The molecule has 0 aromatic heterocycles. The van der Waals surface area contributed by atoms with Gasteiger partial charge in [-0.05, 0) is 48.1 Å². The molecule has 1 aliphatic heterocycles. The van der Waals surface area contributed by atoms with Gasteiger partial charge in [-0.1, -0.05) is 0 Å². The average molecular weight is 437 g/mol. The lowest BCUT2D eigenvalue weighted by molar-refractivity contribution is 0.288. The van der Waals surface area contributed by atoms with Crippen LogP contribution >= 0.6 is 24.0 Å². The van der Waals surface area contributed by atoms with Crippen molar-refractivity contribution in [3.63, 3.8) is 0 Å². The summed E-state index contributed by atoms with van der Waals surface area (Å²) in [5.41, 5.74) is 4.69. The zero-order valence-corrected chi connectivity index (χ0v) is 17.6. The van der Waals surface area contributed by atoms with Crippen molar-refractivity contribution in [3.05, 3.63) is 59.2 Å². The Bertz CT molecular complexity index is 889. The number of ether oxygens (including phenoxy) is 1. The van der Waals surface area contributed by atoms with Gasteiger partial charge in [0.1, 0.15) is 17.4 Å². The Labute approximate surface area is 178 Å². The largest absolute Gasteiger partial charge is 0.496 e. The fraction of sp³-hybridized carbons (Fsp3) is 0.300. The summed E-state index contributed by atoms with van der Waals surface area (Å²) in [6.45, 7) is 2.95. The number of hydrazone groups is 1. The first-order chi connectivity index (χ1) is 14.0. The minimum Gasteiger partial charge on any atom is -0.496 e. The third-order valence-corrected chi connectivity index (χ3v) is 5.50. The number of methoxy groups -OCH3 is 1. The molecule has 1 aliphatic rings. The molecule has 2 N–H and O–H groups in total. The molecule has 0 atom stereocenters. The number of halogens is 2. The Morgan fingerprint density at radius 2 is 2.03 bits per heavy atom. The third kappa shape index (κ3) is 6.38. The van der Waals surface area contributed by atoms with Crippen LogP contribution in [-0.4, -0.2) is 47.9 Å². The molecule has 3 rings (SSSR count). The van der Waals surface area contributed by atoms with Gasteiger partial charge in [0.15, 0.2) is 5.11 Å². The Hall–Kier alpha value is -2.23. The second kappa shape index (κ2) is 10.5. The van der Waals surface area contributed by atoms with Crippen LogP contribution < -0.4 is 15.5 Å². The Morgan fingerprint density at radius 3 is 2.76 bits per heavy atom. The topological polar surface area (TPSA) is 48.9 Å². The smallest absolute Gasteiger partial charge is 0.191 e. The third-order valence-electron chi connectivity index (χ3n) is 4.36. The minimum atomic E-state index is -0.728. The van der Waals surface area contributed by atoms with E-state index < -0.39 is 11.6 Å². The summed E-state index contributed by atoms with van der Waals surface area (Å²) in [6.07, 6.45) is 1.63. The van der Waals surface area contributed by atoms with Crippen LogP contribution in [0.25, 0.3) is 0 Å². The first-order valence-corrected chi connectivity index (χ1v) is 10.6. The number of thiocarbonyl (C=S) groups is 1. The summed E-state index contributed by atoms with van der Waals surface area (Å²) in [6, 6.07) is 9.06. The predicted molar refractivity (Wildman–Crippen MR) is 119 cm³/mol. The summed E-state index contributed by atoms with van der Waals surface area (Å²) < 4.78 is 32.1. The van der Waals surface area contributed by atoms with Crippen molar-refractivity contribution in [3.8, 4) is 5.75 Å². The molecule has 154 valence electrons. The lowest BCUT2D eigenvalue weighted by Gasteiger charge is -2.26. The molecule has 29 heavy (non-hydrogen) atoms. The fourth-order valence-corrected chi connectivity index (χ4v) is 4.05. The number of hydrogen-bond donors (Lipinski definition) is 2. The zero-order valence-electron chi connectivity index (χ0n) is 16.0. The van der Waals surface area contributed by atoms with Crippen LogP contribution in [0, 0.1) is 11.6 Å². The molecule has 1 heterocycles. The average Bonchev–Trinajstić information content (AvgIpc) is 2.71. The molecule has 0 amide bonds. The number of benzene rings is 2. The van der Waals surface area contributed by atoms with E-state index in [1.807, 2.05) is 30.0 Å². The first kappa shape index (κ1) is 21.5. The highest BCUT2D eigenvalue weighted by atomic mass is 32.2. The van der Waals surface area contributed by atoms with Crippen molar-refractivity contribution in [2.45, 2.75) is 6.54 Å². The summed E-state index contributed by atoms with van der Waals surface area (Å²) in [4.78, 5) is 2.41. The van der Waals surface area contributed by atoms with Crippen molar-refractivity contribution < 1.29 is 13.5 Å². The van der Waals surface area contributed by atoms with E-state index in [9.17, 15) is 8.78 Å². The second-order valence-electron chi connectivity index (χ2n) is 6.41. The summed E-state index contributed by atoms with van der Waals surface area (Å²) in [7, 11) is 1.67. The van der Waals surface area contributed by atoms with Gasteiger partial charge in [0.2, 0.25) is 0 Å². The maximum absolute atomic E-state index is 13.7. The van der Waals surface area contributed by atoms with Gasteiger partial charge < -0.3 is 10.1 Å². The molecular formula is C20H22F2N4OS2. The molecule has 1 fully saturated rings. The van der Waals surface area contributed by atoms with Crippen molar-refractivity contribution in [2.24, 2.45) is 5.10 Å². The van der Waals surface area contributed by atoms with Crippen molar-refractivity contribution in [2.75, 3.05) is 37.0 Å². The highest BCUT2D eigenvalue weighted by Crippen LogP contribution is 2.22. The summed E-state index contributed by atoms with van der Waals surface area (Å²) >= 11 is 7.07. The Morgan fingerprint density at radius 1 is 1.24 bits per heavy atom. The van der Waals surface area contributed by atoms with Gasteiger partial charge >= 0.3 is 0 Å². The number of rotatable bonds is 6. The molecule has 9 heteroatoms. The number of anilines is 1. The molecule has 5 nitrogen and oxygen atoms in total. The Balaban J connectivity index is 1.60. The zero-order chi connectivity index (χ0) is 20.6. The van der Waals surface area contributed by atoms with Gasteiger partial charge in [0, 0.05) is 42.8 Å². The van der Waals surface area contributed by atoms with E-state index in [-0.39, 0.29) is 10.8 Å². The van der Waals surface area contributed by atoms with Crippen LogP contribution in [-0.2, 0) is 6.54 Å². The number of hydrogen-bond acceptors (Lipinski definition) is 5. The lowest BCUT2D eigenvalue weighted by Crippen LogP contribution is -2.32. The molecule has 2 aromatic carbocycles. The van der Waals surface area contributed by atoms with Gasteiger partial charge in [0.25, 0.3) is 0 Å². The Kier molecular flexibility index (Phi) is 7.79. The predicted octanol–water partition coefficient (Wildman–Crippen LogP) is 3.84. The fourth-order valence-electron chi connectivity index (χ4n) is 2.91. The van der Waals surface area contributed by atoms with Gasteiger partial charge in [-0.25, -0.2) is 8.78 Å². The maximum atomic E-state index is 13.7. The van der Waals surface area contributed by atoms with Crippen LogP contribution in [0.2, 0.25) is 0 Å². The number of nitrogens with zero attached hydrogens (tertiary/aromatic N) is 2. The van der Waals surface area contributed by atoms with Crippen LogP contribution in [0.5, 0.6) is 5.75 Å². The van der Waals surface area contributed by atoms with E-state index in [4.69, 9.17) is 17.0 Å². The van der Waals surface area contributed by atoms with E-state index in [2.05, 4.69) is 20.7 Å². The monoisotopic (exact) mass is 436 g/mol. The minimum absolute atomic E-state index is 0.0746. The van der Waals surface area contributed by atoms with Crippen molar-refractivity contribution in [1.29, 1.82) is 0 Å². The quantitative estimate of drug-likeness (QED) is 0.408. The maximum Gasteiger partial charge on any atom is 0.191 e. The van der Waals surface area contributed by atoms with Crippen LogP contribution in [0.3, 0.4) is 0 Å². The second-order valence-corrected chi connectivity index (χ2v) is 8.04. The highest BCUT2D eigenvalue weighted by molar-refractivity contribution is 7.99. The molecule has 0 unspecified atom stereocenters. The molecular weight excluding hydrogens is 414 g/mol. The molecule has 0 saturated carbocycles. The van der Waals surface area contributed by atoms with Crippen molar-refractivity contribution >= 4 is 41.0 Å². The normalized spacial score (nSPS) is 14.7. The SMILES string of the molecule is COc1ccc(C=NNC(=S)Nc2ccc(F)cc2F)cc1CN1CCSCC1. The van der Waals surface area contributed by atoms with Gasteiger partial charge in [-0.3, -0.25) is 10.3 Å².